The zero-order valence-electron chi connectivity index (χ0n) is 29.3. The van der Waals surface area contributed by atoms with Gasteiger partial charge in [0.05, 0.1) is 29.4 Å². The molecule has 5 aromatic rings. The zero-order valence-corrected chi connectivity index (χ0v) is 30.8. The van der Waals surface area contributed by atoms with Crippen molar-refractivity contribution in [2.24, 2.45) is 7.05 Å². The number of piperazine rings is 1. The molecule has 0 bridgehead atoms. The SMILES string of the molecule is COc1nc(-c2cccc(-c3cccc(-c4cc5c(=O)n(C)c(CN6CCN(C(C)=O)CC6)nn5c4)c3Cl)c2Cl)ccc1CNC[C@@H]1CCC(=O)N1. The van der Waals surface area contributed by atoms with Crippen molar-refractivity contribution in [3.63, 3.8) is 0 Å². The third kappa shape index (κ3) is 7.16. The van der Waals surface area contributed by atoms with Crippen LogP contribution in [0.1, 0.15) is 31.2 Å². The molecule has 0 spiro atoms. The summed E-state index contributed by atoms with van der Waals surface area (Å²) in [5.41, 5.74) is 5.51. The summed E-state index contributed by atoms with van der Waals surface area (Å²) in [5.74, 6) is 1.29. The van der Waals surface area contributed by atoms with Crippen molar-refractivity contribution in [1.29, 1.82) is 0 Å². The number of hydrogen-bond donors (Lipinski definition) is 2. The highest BCUT2D eigenvalue weighted by molar-refractivity contribution is 6.39. The van der Waals surface area contributed by atoms with Crippen molar-refractivity contribution in [1.82, 2.24) is 39.6 Å². The molecule has 3 aromatic heterocycles. The number of hydrogen-bond acceptors (Lipinski definition) is 8. The lowest BCUT2D eigenvalue weighted by atomic mass is 9.97. The van der Waals surface area contributed by atoms with Crippen LogP contribution in [0.15, 0.2) is 65.6 Å². The number of benzene rings is 2. The fraction of sp³-hybridized carbons (Fsp3) is 0.342. The number of carbonyl (C=O) groups is 2. The number of nitrogens with one attached hydrogen (secondary N) is 2. The average Bonchev–Trinajstić information content (AvgIpc) is 3.77. The van der Waals surface area contributed by atoms with Crippen molar-refractivity contribution in [2.45, 2.75) is 38.9 Å². The Balaban J connectivity index is 1.14. The molecular formula is C38H40Cl2N8O4. The van der Waals surface area contributed by atoms with Crippen molar-refractivity contribution >= 4 is 40.5 Å². The maximum Gasteiger partial charge on any atom is 0.277 e. The molecule has 0 unspecified atom stereocenters. The van der Waals surface area contributed by atoms with E-state index in [1.54, 1.807) is 30.2 Å². The number of fused-ring (bicyclic) bond motifs is 1. The summed E-state index contributed by atoms with van der Waals surface area (Å²) < 4.78 is 8.86. The summed E-state index contributed by atoms with van der Waals surface area (Å²) >= 11 is 14.2. The Morgan fingerprint density at radius 2 is 1.67 bits per heavy atom. The van der Waals surface area contributed by atoms with E-state index in [9.17, 15) is 14.4 Å². The van der Waals surface area contributed by atoms with Crippen molar-refractivity contribution in [3.8, 4) is 39.4 Å². The van der Waals surface area contributed by atoms with Gasteiger partial charge in [-0.3, -0.25) is 23.9 Å². The summed E-state index contributed by atoms with van der Waals surface area (Å²) in [7, 11) is 3.33. The number of methoxy groups -OCH3 is 1. The Hall–Kier alpha value is -4.75. The molecule has 14 heteroatoms. The van der Waals surface area contributed by atoms with E-state index in [4.69, 9.17) is 38.0 Å². The average molecular weight is 744 g/mol. The van der Waals surface area contributed by atoms with Gasteiger partial charge in [0, 0.05) is 105 Å². The van der Waals surface area contributed by atoms with E-state index in [0.29, 0.717) is 85.2 Å². The van der Waals surface area contributed by atoms with Crippen LogP contribution in [-0.4, -0.2) is 86.7 Å². The highest BCUT2D eigenvalue weighted by Gasteiger charge is 2.23. The molecule has 2 fully saturated rings. The number of carbonyl (C=O) groups excluding carboxylic acids is 2. The maximum absolute atomic E-state index is 13.5. The fourth-order valence-corrected chi connectivity index (χ4v) is 7.59. The molecule has 2 aliphatic heterocycles. The Morgan fingerprint density at radius 1 is 0.981 bits per heavy atom. The molecule has 0 radical (unpaired) electrons. The standard InChI is InChI=1S/C38H40Cl2N8O4/c1-23(49)47-16-14-46(15-17-47)22-33-44-48-21-25(18-32(48)38(51)45(33)2)27-6-4-7-28(35(27)39)29-8-5-9-30(36(29)40)31-12-10-24(37(43-31)52-3)19-41-20-26-11-13-34(50)42-26/h4-10,12,18,21,26,41H,11,13-17,19-20,22H2,1-3H3,(H,42,50)/t26-/m0/s1. The smallest absolute Gasteiger partial charge is 0.277 e. The van der Waals surface area contributed by atoms with Crippen LogP contribution in [0.4, 0.5) is 0 Å². The maximum atomic E-state index is 13.5. The second-order valence-corrected chi connectivity index (χ2v) is 14.0. The van der Waals surface area contributed by atoms with Gasteiger partial charge in [-0.05, 0) is 18.6 Å². The van der Waals surface area contributed by atoms with Crippen molar-refractivity contribution < 1.29 is 14.3 Å². The van der Waals surface area contributed by atoms with Gasteiger partial charge in [0.25, 0.3) is 5.56 Å². The first-order chi connectivity index (χ1) is 25.1. The first-order valence-corrected chi connectivity index (χ1v) is 18.0. The van der Waals surface area contributed by atoms with Gasteiger partial charge in [0.2, 0.25) is 17.7 Å². The van der Waals surface area contributed by atoms with Gasteiger partial charge >= 0.3 is 0 Å². The third-order valence-corrected chi connectivity index (χ3v) is 10.7. The van der Waals surface area contributed by atoms with Gasteiger partial charge in [-0.1, -0.05) is 65.7 Å². The van der Waals surface area contributed by atoms with E-state index in [0.717, 1.165) is 39.8 Å². The number of nitrogens with zero attached hydrogens (tertiary/aromatic N) is 6. The van der Waals surface area contributed by atoms with Crippen LogP contribution in [0.25, 0.3) is 39.0 Å². The summed E-state index contributed by atoms with van der Waals surface area (Å²) in [6, 6.07) is 17.3. The summed E-state index contributed by atoms with van der Waals surface area (Å²) in [6.07, 6.45) is 3.22. The van der Waals surface area contributed by atoms with Gasteiger partial charge in [-0.15, -0.1) is 0 Å². The van der Waals surface area contributed by atoms with Crippen LogP contribution in [0.2, 0.25) is 10.0 Å². The molecule has 0 aliphatic carbocycles. The Labute approximate surface area is 311 Å². The van der Waals surface area contributed by atoms with Gasteiger partial charge in [-0.25, -0.2) is 9.50 Å². The first kappa shape index (κ1) is 35.6. The quantitative estimate of drug-likeness (QED) is 0.210. The van der Waals surface area contributed by atoms with Crippen LogP contribution < -0.4 is 20.9 Å². The van der Waals surface area contributed by atoms with Crippen molar-refractivity contribution in [2.75, 3.05) is 39.8 Å². The molecule has 2 aromatic carbocycles. The predicted octanol–water partition coefficient (Wildman–Crippen LogP) is 4.78. The topological polar surface area (TPSA) is 126 Å². The molecule has 52 heavy (non-hydrogen) atoms. The summed E-state index contributed by atoms with van der Waals surface area (Å²) in [4.78, 5) is 45.6. The van der Waals surface area contributed by atoms with Crippen LogP contribution in [-0.2, 0) is 29.7 Å². The second kappa shape index (κ2) is 15.1. The lowest BCUT2D eigenvalue weighted by molar-refractivity contribution is -0.130. The Bertz CT molecular complexity index is 2230. The van der Waals surface area contributed by atoms with E-state index in [1.165, 1.54) is 0 Å². The van der Waals surface area contributed by atoms with Crippen LogP contribution in [0.3, 0.4) is 0 Å². The van der Waals surface area contributed by atoms with Crippen LogP contribution in [0.5, 0.6) is 5.88 Å². The van der Waals surface area contributed by atoms with E-state index in [2.05, 4.69) is 15.5 Å². The molecular weight excluding hydrogens is 703 g/mol. The van der Waals surface area contributed by atoms with Crippen molar-refractivity contribution in [3.05, 3.63) is 92.6 Å². The van der Waals surface area contributed by atoms with Gasteiger partial charge in [-0.2, -0.15) is 5.10 Å². The molecule has 270 valence electrons. The molecule has 12 nitrogen and oxygen atoms in total. The molecule has 2 aliphatic rings. The first-order valence-electron chi connectivity index (χ1n) is 17.3. The highest BCUT2D eigenvalue weighted by Crippen LogP contribution is 2.42. The minimum atomic E-state index is -0.159. The number of rotatable bonds is 10. The molecule has 1 atom stereocenters. The normalized spacial score (nSPS) is 16.4. The monoisotopic (exact) mass is 742 g/mol. The van der Waals surface area contributed by atoms with Gasteiger partial charge in [0.1, 0.15) is 11.3 Å². The minimum Gasteiger partial charge on any atom is -0.481 e. The predicted molar refractivity (Wildman–Crippen MR) is 202 cm³/mol. The van der Waals surface area contributed by atoms with E-state index in [-0.39, 0.29) is 23.4 Å². The molecule has 2 amide bonds. The van der Waals surface area contributed by atoms with E-state index in [1.807, 2.05) is 65.7 Å². The number of pyridine rings is 1. The van der Waals surface area contributed by atoms with Gasteiger partial charge in [0.15, 0.2) is 0 Å². The largest absolute Gasteiger partial charge is 0.481 e. The van der Waals surface area contributed by atoms with E-state index >= 15 is 0 Å². The molecule has 2 saturated heterocycles. The zero-order chi connectivity index (χ0) is 36.5. The summed E-state index contributed by atoms with van der Waals surface area (Å²) in [5, 5.41) is 12.2. The van der Waals surface area contributed by atoms with Crippen LogP contribution in [0, 0.1) is 0 Å². The number of ether oxygens (including phenoxy) is 1. The Kier molecular flexibility index (Phi) is 10.3. The highest BCUT2D eigenvalue weighted by atomic mass is 35.5. The number of halogens is 2. The lowest BCUT2D eigenvalue weighted by Crippen LogP contribution is -2.48. The fourth-order valence-electron chi connectivity index (χ4n) is 6.92. The second-order valence-electron chi connectivity index (χ2n) is 13.3. The lowest BCUT2D eigenvalue weighted by Gasteiger charge is -2.34. The Morgan fingerprint density at radius 3 is 2.35 bits per heavy atom. The molecule has 7 rings (SSSR count). The molecule has 0 saturated carbocycles. The molecule has 2 N–H and O–H groups in total. The molecule has 5 heterocycles. The minimum absolute atomic E-state index is 0.0743. The van der Waals surface area contributed by atoms with E-state index < -0.39 is 0 Å². The van der Waals surface area contributed by atoms with Crippen LogP contribution >= 0.6 is 23.2 Å². The third-order valence-electron chi connectivity index (χ3n) is 9.92. The summed E-state index contributed by atoms with van der Waals surface area (Å²) in [6.45, 7) is 6.02. The number of aromatic nitrogens is 4. The van der Waals surface area contributed by atoms with Gasteiger partial charge < -0.3 is 20.3 Å². The number of amides is 2.